The lowest BCUT2D eigenvalue weighted by Crippen LogP contribution is -2.03. The smallest absolute Gasteiger partial charge is 0.108 e. The molecule has 0 spiro atoms. The molecule has 30 heavy (non-hydrogen) atoms. The van der Waals surface area contributed by atoms with Crippen LogP contribution in [0.15, 0.2) is 12.4 Å². The van der Waals surface area contributed by atoms with E-state index < -0.39 is 0 Å². The Kier molecular flexibility index (Phi) is 19.5. The number of aromatic nitrogens is 2. The molecule has 0 fully saturated rings. The molecule has 0 N–H and O–H groups in total. The van der Waals surface area contributed by atoms with E-state index in [-0.39, 0.29) is 0 Å². The average molecular weight is 419 g/mol. The Morgan fingerprint density at radius 2 is 0.933 bits per heavy atom. The second kappa shape index (κ2) is 21.4. The van der Waals surface area contributed by atoms with Crippen LogP contribution in [0, 0.1) is 0 Å². The maximum Gasteiger partial charge on any atom is 0.108 e. The summed E-state index contributed by atoms with van der Waals surface area (Å²) >= 11 is 0. The highest BCUT2D eigenvalue weighted by Gasteiger charge is 2.03. The molecule has 1 aromatic heterocycles. The molecule has 2 nitrogen and oxygen atoms in total. The van der Waals surface area contributed by atoms with Crippen LogP contribution in [-0.2, 0) is 13.0 Å². The van der Waals surface area contributed by atoms with Gasteiger partial charge >= 0.3 is 0 Å². The minimum absolute atomic E-state index is 1.17. The van der Waals surface area contributed by atoms with Gasteiger partial charge in [-0.1, -0.05) is 136 Å². The van der Waals surface area contributed by atoms with Gasteiger partial charge in [0.25, 0.3) is 0 Å². The van der Waals surface area contributed by atoms with Crippen LogP contribution in [0.25, 0.3) is 0 Å². The molecule has 0 atom stereocenters. The normalized spacial score (nSPS) is 11.4. The van der Waals surface area contributed by atoms with E-state index in [1.807, 2.05) is 6.20 Å². The molecule has 0 radical (unpaired) electrons. The predicted octanol–water partition coefficient (Wildman–Crippen LogP) is 9.66. The minimum Gasteiger partial charge on any atom is -0.335 e. The molecule has 0 aliphatic rings. The largest absolute Gasteiger partial charge is 0.335 e. The molecule has 1 rings (SSSR count). The Balaban J connectivity index is 1.92. The highest BCUT2D eigenvalue weighted by atomic mass is 15.1. The third kappa shape index (κ3) is 16.0. The van der Waals surface area contributed by atoms with Crippen LogP contribution in [0.3, 0.4) is 0 Å². The van der Waals surface area contributed by atoms with Gasteiger partial charge in [0, 0.05) is 25.4 Å². The number of aryl methyl sites for hydroxylation is 2. The van der Waals surface area contributed by atoms with Crippen molar-refractivity contribution in [1.29, 1.82) is 0 Å². The number of unbranched alkanes of at least 4 members (excludes halogenated alkanes) is 19. The van der Waals surface area contributed by atoms with Crippen molar-refractivity contribution in [3.63, 3.8) is 0 Å². The summed E-state index contributed by atoms with van der Waals surface area (Å²) in [4.78, 5) is 4.63. The second-order valence-corrected chi connectivity index (χ2v) is 9.50. The zero-order valence-corrected chi connectivity index (χ0v) is 20.8. The highest BCUT2D eigenvalue weighted by Crippen LogP contribution is 2.14. The lowest BCUT2D eigenvalue weighted by Gasteiger charge is -2.08. The molecule has 2 heteroatoms. The number of rotatable bonds is 23. The van der Waals surface area contributed by atoms with Crippen molar-refractivity contribution in [1.82, 2.24) is 9.55 Å². The molecule has 0 unspecified atom stereocenters. The van der Waals surface area contributed by atoms with Crippen molar-refractivity contribution in [3.05, 3.63) is 18.2 Å². The average Bonchev–Trinajstić information content (AvgIpc) is 3.20. The summed E-state index contributed by atoms with van der Waals surface area (Å²) in [5.74, 6) is 1.32. The van der Waals surface area contributed by atoms with Gasteiger partial charge in [-0.2, -0.15) is 0 Å². The maximum absolute atomic E-state index is 4.63. The van der Waals surface area contributed by atoms with Gasteiger partial charge in [0.2, 0.25) is 0 Å². The van der Waals surface area contributed by atoms with E-state index in [1.54, 1.807) is 0 Å². The van der Waals surface area contributed by atoms with E-state index in [1.165, 1.54) is 154 Å². The Morgan fingerprint density at radius 1 is 0.533 bits per heavy atom. The third-order valence-electron chi connectivity index (χ3n) is 6.56. The number of imidazole rings is 1. The van der Waals surface area contributed by atoms with Crippen molar-refractivity contribution >= 4 is 0 Å². The van der Waals surface area contributed by atoms with Gasteiger partial charge < -0.3 is 4.57 Å². The van der Waals surface area contributed by atoms with Gasteiger partial charge in [0.15, 0.2) is 0 Å². The molecule has 176 valence electrons. The SMILES string of the molecule is CCCCCCCCCCCCCc1nccn1CCCCCCCCCCCC. The quantitative estimate of drug-likeness (QED) is 0.162. The molecule has 0 bridgehead atoms. The predicted molar refractivity (Wildman–Crippen MR) is 134 cm³/mol. The molecule has 0 aliphatic carbocycles. The van der Waals surface area contributed by atoms with E-state index in [9.17, 15) is 0 Å². The Morgan fingerprint density at radius 3 is 1.40 bits per heavy atom. The van der Waals surface area contributed by atoms with E-state index in [0.29, 0.717) is 0 Å². The monoisotopic (exact) mass is 418 g/mol. The number of nitrogens with zero attached hydrogens (tertiary/aromatic N) is 2. The van der Waals surface area contributed by atoms with Crippen LogP contribution in [0.1, 0.15) is 155 Å². The summed E-state index contributed by atoms with van der Waals surface area (Å²) in [6.45, 7) is 5.76. The summed E-state index contributed by atoms with van der Waals surface area (Å²) in [6.07, 6.45) is 35.0. The van der Waals surface area contributed by atoms with Crippen molar-refractivity contribution < 1.29 is 0 Å². The summed E-state index contributed by atoms with van der Waals surface area (Å²) in [5, 5.41) is 0. The van der Waals surface area contributed by atoms with Gasteiger partial charge in [-0.05, 0) is 12.8 Å². The molecule has 0 saturated carbocycles. The Bertz CT molecular complexity index is 451. The zero-order chi connectivity index (χ0) is 21.5. The summed E-state index contributed by atoms with van der Waals surface area (Å²) in [5.41, 5.74) is 0. The summed E-state index contributed by atoms with van der Waals surface area (Å²) < 4.78 is 2.42. The Labute approximate surface area is 189 Å². The van der Waals surface area contributed by atoms with Crippen molar-refractivity contribution in [3.8, 4) is 0 Å². The third-order valence-corrected chi connectivity index (χ3v) is 6.56. The zero-order valence-electron chi connectivity index (χ0n) is 20.8. The molecular formula is C28H54N2. The van der Waals surface area contributed by atoms with Crippen LogP contribution < -0.4 is 0 Å². The first-order valence-corrected chi connectivity index (χ1v) is 13.9. The number of hydrogen-bond donors (Lipinski definition) is 0. The first-order chi connectivity index (χ1) is 14.9. The molecule has 1 aromatic rings. The van der Waals surface area contributed by atoms with Gasteiger partial charge in [-0.25, -0.2) is 4.98 Å². The van der Waals surface area contributed by atoms with E-state index in [2.05, 4.69) is 29.6 Å². The fraction of sp³-hybridized carbons (Fsp3) is 0.893. The molecule has 0 saturated heterocycles. The lowest BCUT2D eigenvalue weighted by molar-refractivity contribution is 0.520. The van der Waals surface area contributed by atoms with E-state index >= 15 is 0 Å². The van der Waals surface area contributed by atoms with Crippen LogP contribution in [0.4, 0.5) is 0 Å². The molecule has 0 aliphatic heterocycles. The number of hydrogen-bond acceptors (Lipinski definition) is 1. The Hall–Kier alpha value is -0.790. The van der Waals surface area contributed by atoms with Gasteiger partial charge in [-0.15, -0.1) is 0 Å². The summed E-state index contributed by atoms with van der Waals surface area (Å²) in [6, 6.07) is 0. The van der Waals surface area contributed by atoms with Crippen LogP contribution in [0.2, 0.25) is 0 Å². The van der Waals surface area contributed by atoms with Crippen LogP contribution >= 0.6 is 0 Å². The molecule has 1 heterocycles. The van der Waals surface area contributed by atoms with Crippen molar-refractivity contribution in [2.24, 2.45) is 0 Å². The lowest BCUT2D eigenvalue weighted by atomic mass is 10.1. The van der Waals surface area contributed by atoms with Crippen LogP contribution in [0.5, 0.6) is 0 Å². The van der Waals surface area contributed by atoms with Crippen LogP contribution in [-0.4, -0.2) is 9.55 Å². The first kappa shape index (κ1) is 27.2. The first-order valence-electron chi connectivity index (χ1n) is 13.9. The summed E-state index contributed by atoms with van der Waals surface area (Å²) in [7, 11) is 0. The van der Waals surface area contributed by atoms with Crippen molar-refractivity contribution in [2.45, 2.75) is 162 Å². The minimum atomic E-state index is 1.17. The van der Waals surface area contributed by atoms with Gasteiger partial charge in [-0.3, -0.25) is 0 Å². The standard InChI is InChI=1S/C28H54N2/c1-3-5-7-9-11-13-15-16-18-20-22-24-28-29-25-27-30(28)26-23-21-19-17-14-12-10-8-6-4-2/h25,27H,3-24,26H2,1-2H3. The molecule has 0 aromatic carbocycles. The van der Waals surface area contributed by atoms with Crippen molar-refractivity contribution in [2.75, 3.05) is 0 Å². The topological polar surface area (TPSA) is 17.8 Å². The highest BCUT2D eigenvalue weighted by molar-refractivity contribution is 4.92. The molecular weight excluding hydrogens is 364 g/mol. The fourth-order valence-corrected chi connectivity index (χ4v) is 4.49. The van der Waals surface area contributed by atoms with E-state index in [4.69, 9.17) is 0 Å². The van der Waals surface area contributed by atoms with Gasteiger partial charge in [0.05, 0.1) is 0 Å². The maximum atomic E-state index is 4.63. The van der Waals surface area contributed by atoms with Gasteiger partial charge in [0.1, 0.15) is 5.82 Å². The molecule has 0 amide bonds. The fourth-order valence-electron chi connectivity index (χ4n) is 4.49. The second-order valence-electron chi connectivity index (χ2n) is 9.50. The van der Waals surface area contributed by atoms with E-state index in [0.717, 1.165) is 0 Å².